The van der Waals surface area contributed by atoms with E-state index >= 15 is 0 Å². The first kappa shape index (κ1) is 18.5. The van der Waals surface area contributed by atoms with Crippen molar-refractivity contribution in [2.24, 2.45) is 0 Å². The Bertz CT molecular complexity index is 935. The molecule has 1 amide bonds. The highest BCUT2D eigenvalue weighted by molar-refractivity contribution is 9.10. The second-order valence-electron chi connectivity index (χ2n) is 6.38. The molecular formula is C22H22BrNO2. The van der Waals surface area contributed by atoms with Gasteiger partial charge in [0.05, 0.1) is 17.1 Å². The Hall–Kier alpha value is -2.33. The SMILES string of the molecule is CCC(C)c1ccc(NC(=O)c2cc3ccccc3c(Br)c2OC)cc1. The van der Waals surface area contributed by atoms with Gasteiger partial charge in [0.15, 0.2) is 0 Å². The maximum atomic E-state index is 12.9. The lowest BCUT2D eigenvalue weighted by Crippen LogP contribution is -2.13. The third kappa shape index (κ3) is 3.61. The first-order valence-corrected chi connectivity index (χ1v) is 9.51. The molecule has 0 fully saturated rings. The van der Waals surface area contributed by atoms with Crippen molar-refractivity contribution in [3.05, 3.63) is 70.2 Å². The highest BCUT2D eigenvalue weighted by atomic mass is 79.9. The van der Waals surface area contributed by atoms with Gasteiger partial charge in [-0.25, -0.2) is 0 Å². The van der Waals surface area contributed by atoms with Crippen LogP contribution in [0.15, 0.2) is 59.1 Å². The van der Waals surface area contributed by atoms with Gasteiger partial charge in [-0.15, -0.1) is 0 Å². The van der Waals surface area contributed by atoms with Gasteiger partial charge in [-0.1, -0.05) is 50.2 Å². The second kappa shape index (κ2) is 7.92. The topological polar surface area (TPSA) is 38.3 Å². The van der Waals surface area contributed by atoms with Crippen molar-refractivity contribution in [1.82, 2.24) is 0 Å². The Morgan fingerprint density at radius 1 is 1.15 bits per heavy atom. The van der Waals surface area contributed by atoms with Gasteiger partial charge in [0.2, 0.25) is 0 Å². The van der Waals surface area contributed by atoms with E-state index in [0.717, 1.165) is 27.4 Å². The molecule has 0 bridgehead atoms. The standard InChI is InChI=1S/C22H22BrNO2/c1-4-14(2)15-9-11-17(12-10-15)24-22(25)19-13-16-7-5-6-8-18(16)20(23)21(19)26-3/h5-14H,4H2,1-3H3,(H,24,25). The van der Waals surface area contributed by atoms with Crippen LogP contribution < -0.4 is 10.1 Å². The highest BCUT2D eigenvalue weighted by Crippen LogP contribution is 2.37. The third-order valence-corrected chi connectivity index (χ3v) is 5.53. The number of fused-ring (bicyclic) bond motifs is 1. The van der Waals surface area contributed by atoms with Crippen molar-refractivity contribution < 1.29 is 9.53 Å². The first-order valence-electron chi connectivity index (χ1n) is 8.71. The van der Waals surface area contributed by atoms with E-state index < -0.39 is 0 Å². The van der Waals surface area contributed by atoms with Gasteiger partial charge >= 0.3 is 0 Å². The van der Waals surface area contributed by atoms with E-state index in [9.17, 15) is 4.79 Å². The van der Waals surface area contributed by atoms with Gasteiger partial charge in [0.1, 0.15) is 5.75 Å². The molecule has 0 aliphatic rings. The minimum atomic E-state index is -0.190. The zero-order valence-electron chi connectivity index (χ0n) is 15.2. The Balaban J connectivity index is 1.92. The van der Waals surface area contributed by atoms with E-state index in [-0.39, 0.29) is 5.91 Å². The van der Waals surface area contributed by atoms with Crippen LogP contribution in [0.25, 0.3) is 10.8 Å². The smallest absolute Gasteiger partial charge is 0.259 e. The summed E-state index contributed by atoms with van der Waals surface area (Å²) in [4.78, 5) is 12.9. The lowest BCUT2D eigenvalue weighted by Gasteiger charge is -2.14. The number of hydrogen-bond acceptors (Lipinski definition) is 2. The van der Waals surface area contributed by atoms with Crippen molar-refractivity contribution in [2.75, 3.05) is 12.4 Å². The van der Waals surface area contributed by atoms with Crippen molar-refractivity contribution >= 4 is 38.3 Å². The van der Waals surface area contributed by atoms with Gasteiger partial charge in [0, 0.05) is 5.69 Å². The average molecular weight is 412 g/mol. The fourth-order valence-electron chi connectivity index (χ4n) is 2.98. The number of halogens is 1. The second-order valence-corrected chi connectivity index (χ2v) is 7.17. The highest BCUT2D eigenvalue weighted by Gasteiger charge is 2.18. The molecule has 3 nitrogen and oxygen atoms in total. The zero-order valence-corrected chi connectivity index (χ0v) is 16.8. The predicted molar refractivity (Wildman–Crippen MR) is 111 cm³/mol. The van der Waals surface area contributed by atoms with E-state index in [1.165, 1.54) is 5.56 Å². The summed E-state index contributed by atoms with van der Waals surface area (Å²) in [6, 6.07) is 17.8. The predicted octanol–water partition coefficient (Wildman–Crippen LogP) is 6.38. The van der Waals surface area contributed by atoms with Crippen LogP contribution in [0, 0.1) is 0 Å². The number of anilines is 1. The molecule has 134 valence electrons. The number of carbonyl (C=O) groups excluding carboxylic acids is 1. The molecule has 4 heteroatoms. The van der Waals surface area contributed by atoms with Crippen LogP contribution in [0.5, 0.6) is 5.75 Å². The summed E-state index contributed by atoms with van der Waals surface area (Å²) in [5, 5.41) is 4.97. The number of hydrogen-bond donors (Lipinski definition) is 1. The van der Waals surface area contributed by atoms with Crippen molar-refractivity contribution in [3.63, 3.8) is 0 Å². The molecule has 1 atom stereocenters. The Labute approximate surface area is 162 Å². The summed E-state index contributed by atoms with van der Waals surface area (Å²) in [7, 11) is 1.58. The van der Waals surface area contributed by atoms with E-state index in [0.29, 0.717) is 17.2 Å². The molecule has 0 spiro atoms. The first-order chi connectivity index (χ1) is 12.5. The normalized spacial score (nSPS) is 12.0. The summed E-state index contributed by atoms with van der Waals surface area (Å²) < 4.78 is 6.29. The maximum Gasteiger partial charge on any atom is 0.259 e. The molecule has 0 aliphatic heterocycles. The number of nitrogens with one attached hydrogen (secondary N) is 1. The quantitative estimate of drug-likeness (QED) is 0.528. The van der Waals surface area contributed by atoms with E-state index in [1.54, 1.807) is 7.11 Å². The molecule has 0 heterocycles. The number of methoxy groups -OCH3 is 1. The van der Waals surface area contributed by atoms with E-state index in [2.05, 4.69) is 47.2 Å². The van der Waals surface area contributed by atoms with Crippen LogP contribution in [0.1, 0.15) is 42.1 Å². The van der Waals surface area contributed by atoms with E-state index in [1.807, 2.05) is 42.5 Å². The Morgan fingerprint density at radius 3 is 2.50 bits per heavy atom. The minimum Gasteiger partial charge on any atom is -0.495 e. The van der Waals surface area contributed by atoms with Gasteiger partial charge in [-0.2, -0.15) is 0 Å². The largest absolute Gasteiger partial charge is 0.495 e. The lowest BCUT2D eigenvalue weighted by atomic mass is 9.98. The van der Waals surface area contributed by atoms with Crippen LogP contribution in [-0.4, -0.2) is 13.0 Å². The molecule has 0 saturated carbocycles. The molecular weight excluding hydrogens is 390 g/mol. The van der Waals surface area contributed by atoms with E-state index in [4.69, 9.17) is 4.74 Å². The fourth-order valence-corrected chi connectivity index (χ4v) is 3.72. The molecule has 0 saturated heterocycles. The third-order valence-electron chi connectivity index (χ3n) is 4.74. The molecule has 3 aromatic carbocycles. The van der Waals surface area contributed by atoms with Crippen LogP contribution in [0.4, 0.5) is 5.69 Å². The van der Waals surface area contributed by atoms with Gasteiger partial charge < -0.3 is 10.1 Å². The number of ether oxygens (including phenoxy) is 1. The summed E-state index contributed by atoms with van der Waals surface area (Å²) in [5.74, 6) is 0.860. The molecule has 1 N–H and O–H groups in total. The van der Waals surface area contributed by atoms with Gasteiger partial charge in [-0.3, -0.25) is 4.79 Å². The van der Waals surface area contributed by atoms with Crippen LogP contribution in [-0.2, 0) is 0 Å². The number of amides is 1. The van der Waals surface area contributed by atoms with Crippen LogP contribution in [0.2, 0.25) is 0 Å². The molecule has 0 radical (unpaired) electrons. The summed E-state index contributed by atoms with van der Waals surface area (Å²) in [5.41, 5.74) is 2.55. The monoisotopic (exact) mass is 411 g/mol. The van der Waals surface area contributed by atoms with Crippen LogP contribution in [0.3, 0.4) is 0 Å². The Kier molecular flexibility index (Phi) is 5.62. The number of benzene rings is 3. The van der Waals surface area contributed by atoms with Crippen LogP contribution >= 0.6 is 15.9 Å². The molecule has 3 rings (SSSR count). The van der Waals surface area contributed by atoms with Gasteiger partial charge in [-0.05, 0) is 62.8 Å². The van der Waals surface area contributed by atoms with Crippen molar-refractivity contribution in [3.8, 4) is 5.75 Å². The summed E-state index contributed by atoms with van der Waals surface area (Å²) >= 11 is 3.57. The summed E-state index contributed by atoms with van der Waals surface area (Å²) in [6.45, 7) is 4.37. The fraction of sp³-hybridized carbons (Fsp3) is 0.227. The van der Waals surface area contributed by atoms with Crippen molar-refractivity contribution in [1.29, 1.82) is 0 Å². The molecule has 26 heavy (non-hydrogen) atoms. The average Bonchev–Trinajstić information content (AvgIpc) is 2.68. The number of carbonyl (C=O) groups is 1. The number of rotatable bonds is 5. The molecule has 0 aromatic heterocycles. The zero-order chi connectivity index (χ0) is 18.7. The summed E-state index contributed by atoms with van der Waals surface area (Å²) in [6.07, 6.45) is 1.09. The maximum absolute atomic E-state index is 12.9. The van der Waals surface area contributed by atoms with Crippen molar-refractivity contribution in [2.45, 2.75) is 26.2 Å². The molecule has 3 aromatic rings. The Morgan fingerprint density at radius 2 is 1.85 bits per heavy atom. The lowest BCUT2D eigenvalue weighted by molar-refractivity contribution is 0.102. The molecule has 0 aliphatic carbocycles. The minimum absolute atomic E-state index is 0.190. The molecule has 1 unspecified atom stereocenters. The van der Waals surface area contributed by atoms with Gasteiger partial charge in [0.25, 0.3) is 5.91 Å².